The van der Waals surface area contributed by atoms with Gasteiger partial charge in [-0.2, -0.15) is 0 Å². The third-order valence-electron chi connectivity index (χ3n) is 2.59. The van der Waals surface area contributed by atoms with Gasteiger partial charge in [0.1, 0.15) is 5.82 Å². The third kappa shape index (κ3) is 1.22. The number of hydrogen-bond donors (Lipinski definition) is 0. The first-order valence-corrected chi connectivity index (χ1v) is 4.50. The van der Waals surface area contributed by atoms with Gasteiger partial charge in [0.25, 0.3) is 0 Å². The van der Waals surface area contributed by atoms with E-state index in [0.29, 0.717) is 5.92 Å². The molecule has 0 N–H and O–H groups in total. The van der Waals surface area contributed by atoms with Gasteiger partial charge in [-0.05, 0) is 39.2 Å². The molecule has 1 aliphatic rings. The van der Waals surface area contributed by atoms with Crippen LogP contribution in [-0.4, -0.2) is 9.97 Å². The molecule has 1 saturated carbocycles. The van der Waals surface area contributed by atoms with E-state index in [1.54, 1.807) is 0 Å². The van der Waals surface area contributed by atoms with E-state index in [4.69, 9.17) is 0 Å². The summed E-state index contributed by atoms with van der Waals surface area (Å²) in [4.78, 5) is 8.97. The molecular formula is C10H14N2. The summed E-state index contributed by atoms with van der Waals surface area (Å²) < 4.78 is 0. The van der Waals surface area contributed by atoms with E-state index in [1.807, 2.05) is 0 Å². The second kappa shape index (κ2) is 2.54. The summed E-state index contributed by atoms with van der Waals surface area (Å²) in [6.45, 7) is 6.22. The summed E-state index contributed by atoms with van der Waals surface area (Å²) in [5.41, 5.74) is 3.52. The van der Waals surface area contributed by atoms with Crippen LogP contribution in [-0.2, 0) is 0 Å². The van der Waals surface area contributed by atoms with E-state index >= 15 is 0 Å². The summed E-state index contributed by atoms with van der Waals surface area (Å²) in [5, 5.41) is 0. The monoisotopic (exact) mass is 162 g/mol. The third-order valence-corrected chi connectivity index (χ3v) is 2.59. The molecule has 2 heteroatoms. The second-order valence-corrected chi connectivity index (χ2v) is 3.65. The first kappa shape index (κ1) is 7.71. The van der Waals surface area contributed by atoms with Gasteiger partial charge in [-0.1, -0.05) is 0 Å². The van der Waals surface area contributed by atoms with Crippen LogP contribution in [0.1, 0.15) is 41.5 Å². The standard InChI is InChI=1S/C10H14N2/c1-6-7(2)11-10(9-4-5-9)12-8(6)3/h9H,4-5H2,1-3H3. The first-order valence-electron chi connectivity index (χ1n) is 4.50. The average Bonchev–Trinajstić information content (AvgIpc) is 2.81. The molecule has 64 valence electrons. The predicted molar refractivity (Wildman–Crippen MR) is 48.2 cm³/mol. The van der Waals surface area contributed by atoms with Crippen molar-refractivity contribution >= 4 is 0 Å². The number of rotatable bonds is 1. The zero-order chi connectivity index (χ0) is 8.72. The van der Waals surface area contributed by atoms with Gasteiger partial charge in [-0.3, -0.25) is 0 Å². The van der Waals surface area contributed by atoms with Crippen molar-refractivity contribution in [3.63, 3.8) is 0 Å². The van der Waals surface area contributed by atoms with Crippen LogP contribution >= 0.6 is 0 Å². The molecule has 0 atom stereocenters. The summed E-state index contributed by atoms with van der Waals surface area (Å²) in [5.74, 6) is 1.73. The molecule has 2 rings (SSSR count). The Kier molecular flexibility index (Phi) is 1.63. The molecule has 0 radical (unpaired) electrons. The lowest BCUT2D eigenvalue weighted by Gasteiger charge is -2.05. The van der Waals surface area contributed by atoms with Crippen LogP contribution in [0.15, 0.2) is 0 Å². The van der Waals surface area contributed by atoms with Crippen molar-refractivity contribution in [3.8, 4) is 0 Å². The van der Waals surface area contributed by atoms with E-state index in [2.05, 4.69) is 30.7 Å². The second-order valence-electron chi connectivity index (χ2n) is 3.65. The molecular weight excluding hydrogens is 148 g/mol. The SMILES string of the molecule is Cc1nc(C2CC2)nc(C)c1C. The van der Waals surface area contributed by atoms with Crippen molar-refractivity contribution in [1.29, 1.82) is 0 Å². The van der Waals surface area contributed by atoms with E-state index in [1.165, 1.54) is 18.4 Å². The van der Waals surface area contributed by atoms with Gasteiger partial charge in [0.15, 0.2) is 0 Å². The number of aromatic nitrogens is 2. The van der Waals surface area contributed by atoms with Gasteiger partial charge in [0.2, 0.25) is 0 Å². The highest BCUT2D eigenvalue weighted by Gasteiger charge is 2.27. The van der Waals surface area contributed by atoms with Crippen LogP contribution < -0.4 is 0 Å². The van der Waals surface area contributed by atoms with Crippen molar-refractivity contribution in [1.82, 2.24) is 9.97 Å². The Labute approximate surface area is 73.1 Å². The smallest absolute Gasteiger partial charge is 0.131 e. The van der Waals surface area contributed by atoms with E-state index in [9.17, 15) is 0 Å². The van der Waals surface area contributed by atoms with Crippen LogP contribution in [0.2, 0.25) is 0 Å². The van der Waals surface area contributed by atoms with Gasteiger partial charge in [-0.25, -0.2) is 9.97 Å². The summed E-state index contributed by atoms with van der Waals surface area (Å²) in [7, 11) is 0. The Morgan fingerprint density at radius 3 is 1.92 bits per heavy atom. The molecule has 0 unspecified atom stereocenters. The van der Waals surface area contributed by atoms with Crippen molar-refractivity contribution < 1.29 is 0 Å². The van der Waals surface area contributed by atoms with Crippen molar-refractivity contribution in [2.75, 3.05) is 0 Å². The van der Waals surface area contributed by atoms with Gasteiger partial charge < -0.3 is 0 Å². The molecule has 0 bridgehead atoms. The summed E-state index contributed by atoms with van der Waals surface area (Å²) in [6.07, 6.45) is 2.56. The molecule has 0 spiro atoms. The zero-order valence-electron chi connectivity index (χ0n) is 7.89. The number of aryl methyl sites for hydroxylation is 2. The van der Waals surface area contributed by atoms with Crippen molar-refractivity contribution in [2.45, 2.75) is 39.5 Å². The van der Waals surface area contributed by atoms with Gasteiger partial charge in [-0.15, -0.1) is 0 Å². The van der Waals surface area contributed by atoms with Gasteiger partial charge in [0, 0.05) is 17.3 Å². The first-order chi connectivity index (χ1) is 5.68. The molecule has 0 aromatic carbocycles. The topological polar surface area (TPSA) is 25.8 Å². The highest BCUT2D eigenvalue weighted by molar-refractivity contribution is 5.24. The van der Waals surface area contributed by atoms with Crippen LogP contribution in [0, 0.1) is 20.8 Å². The van der Waals surface area contributed by atoms with Gasteiger partial charge >= 0.3 is 0 Å². The predicted octanol–water partition coefficient (Wildman–Crippen LogP) is 2.28. The molecule has 0 aliphatic heterocycles. The summed E-state index contributed by atoms with van der Waals surface area (Å²) >= 11 is 0. The summed E-state index contributed by atoms with van der Waals surface area (Å²) in [6, 6.07) is 0. The highest BCUT2D eigenvalue weighted by atomic mass is 14.9. The Balaban J connectivity index is 2.45. The van der Waals surface area contributed by atoms with Crippen LogP contribution in [0.5, 0.6) is 0 Å². The minimum atomic E-state index is 0.669. The maximum Gasteiger partial charge on any atom is 0.131 e. The lowest BCUT2D eigenvalue weighted by molar-refractivity contribution is 0.871. The lowest BCUT2D eigenvalue weighted by atomic mass is 10.2. The Hall–Kier alpha value is -0.920. The Bertz CT molecular complexity index is 291. The molecule has 1 aliphatic carbocycles. The maximum atomic E-state index is 4.48. The lowest BCUT2D eigenvalue weighted by Crippen LogP contribution is -2.00. The molecule has 1 aromatic heterocycles. The molecule has 1 fully saturated rings. The van der Waals surface area contributed by atoms with Gasteiger partial charge in [0.05, 0.1) is 0 Å². The molecule has 0 saturated heterocycles. The molecule has 12 heavy (non-hydrogen) atoms. The molecule has 1 heterocycles. The van der Waals surface area contributed by atoms with Crippen LogP contribution in [0.4, 0.5) is 0 Å². The van der Waals surface area contributed by atoms with Crippen LogP contribution in [0.3, 0.4) is 0 Å². The van der Waals surface area contributed by atoms with Crippen molar-refractivity contribution in [2.24, 2.45) is 0 Å². The average molecular weight is 162 g/mol. The Morgan fingerprint density at radius 2 is 1.50 bits per heavy atom. The highest BCUT2D eigenvalue weighted by Crippen LogP contribution is 2.38. The maximum absolute atomic E-state index is 4.48. The fourth-order valence-corrected chi connectivity index (χ4v) is 1.32. The number of nitrogens with zero attached hydrogens (tertiary/aromatic N) is 2. The molecule has 0 amide bonds. The fourth-order valence-electron chi connectivity index (χ4n) is 1.32. The normalized spacial score (nSPS) is 16.6. The Morgan fingerprint density at radius 1 is 1.00 bits per heavy atom. The largest absolute Gasteiger partial charge is 0.238 e. The van der Waals surface area contributed by atoms with Crippen molar-refractivity contribution in [3.05, 3.63) is 22.8 Å². The molecule has 2 nitrogen and oxygen atoms in total. The number of hydrogen-bond acceptors (Lipinski definition) is 2. The fraction of sp³-hybridized carbons (Fsp3) is 0.600. The van der Waals surface area contributed by atoms with E-state index in [0.717, 1.165) is 17.2 Å². The van der Waals surface area contributed by atoms with E-state index < -0.39 is 0 Å². The zero-order valence-corrected chi connectivity index (χ0v) is 7.89. The minimum absolute atomic E-state index is 0.669. The quantitative estimate of drug-likeness (QED) is 0.633. The van der Waals surface area contributed by atoms with E-state index in [-0.39, 0.29) is 0 Å². The van der Waals surface area contributed by atoms with Crippen LogP contribution in [0.25, 0.3) is 0 Å². The minimum Gasteiger partial charge on any atom is -0.238 e. The molecule has 1 aromatic rings.